The van der Waals surface area contributed by atoms with E-state index in [9.17, 15) is 0 Å². The summed E-state index contributed by atoms with van der Waals surface area (Å²) in [5, 5.41) is 3.49. The summed E-state index contributed by atoms with van der Waals surface area (Å²) >= 11 is 0. The molecule has 0 radical (unpaired) electrons. The van der Waals surface area contributed by atoms with E-state index >= 15 is 0 Å². The monoisotopic (exact) mass is 263 g/mol. The molecule has 0 aromatic heterocycles. The van der Waals surface area contributed by atoms with E-state index in [0.29, 0.717) is 6.61 Å². The molecule has 1 N–H and O–H groups in total. The largest absolute Gasteiger partial charge is 0.492 e. The third-order valence-electron chi connectivity index (χ3n) is 3.58. The molecule has 0 aliphatic heterocycles. The summed E-state index contributed by atoms with van der Waals surface area (Å²) in [6.07, 6.45) is 1.12. The van der Waals surface area contributed by atoms with Crippen molar-refractivity contribution in [1.82, 2.24) is 5.32 Å². The van der Waals surface area contributed by atoms with E-state index < -0.39 is 0 Å². The highest BCUT2D eigenvalue weighted by atomic mass is 16.5. The number of rotatable bonds is 6. The van der Waals surface area contributed by atoms with Gasteiger partial charge in [0.2, 0.25) is 0 Å². The third-order valence-corrected chi connectivity index (χ3v) is 3.58. The molecular weight excluding hydrogens is 234 g/mol. The lowest BCUT2D eigenvalue weighted by Crippen LogP contribution is -2.40. The smallest absolute Gasteiger partial charge is 0.119 e. The van der Waals surface area contributed by atoms with Crippen LogP contribution in [0.3, 0.4) is 0 Å². The molecule has 1 aromatic rings. The molecule has 2 heteroatoms. The normalized spacial score (nSPS) is 12.5. The van der Waals surface area contributed by atoms with Crippen molar-refractivity contribution in [2.24, 2.45) is 0 Å². The SMILES string of the molecule is CCC(C)(C)NCCOc1ccc(C(C)(C)C)cc1. The van der Waals surface area contributed by atoms with Crippen molar-refractivity contribution in [3.05, 3.63) is 29.8 Å². The molecule has 0 saturated heterocycles. The number of hydrogen-bond acceptors (Lipinski definition) is 2. The topological polar surface area (TPSA) is 21.3 Å². The molecule has 0 aliphatic carbocycles. The van der Waals surface area contributed by atoms with E-state index in [1.54, 1.807) is 0 Å². The summed E-state index contributed by atoms with van der Waals surface area (Å²) in [7, 11) is 0. The van der Waals surface area contributed by atoms with Crippen LogP contribution in [-0.2, 0) is 5.41 Å². The average molecular weight is 263 g/mol. The Labute approximate surface area is 118 Å². The van der Waals surface area contributed by atoms with Crippen LogP contribution in [0, 0.1) is 0 Å². The van der Waals surface area contributed by atoms with Crippen molar-refractivity contribution in [1.29, 1.82) is 0 Å². The van der Waals surface area contributed by atoms with Crippen LogP contribution in [0.15, 0.2) is 24.3 Å². The molecule has 0 atom stereocenters. The molecule has 1 aromatic carbocycles. The minimum absolute atomic E-state index is 0.194. The molecule has 0 amide bonds. The zero-order valence-corrected chi connectivity index (χ0v) is 13.3. The quantitative estimate of drug-likeness (QED) is 0.779. The maximum Gasteiger partial charge on any atom is 0.119 e. The van der Waals surface area contributed by atoms with Crippen molar-refractivity contribution >= 4 is 0 Å². The number of nitrogens with one attached hydrogen (secondary N) is 1. The second-order valence-electron chi connectivity index (χ2n) is 6.79. The molecule has 0 bridgehead atoms. The molecule has 108 valence electrons. The average Bonchev–Trinajstić information content (AvgIpc) is 2.34. The Hall–Kier alpha value is -1.02. The van der Waals surface area contributed by atoms with Crippen molar-refractivity contribution in [2.45, 2.75) is 58.9 Å². The number of ether oxygens (including phenoxy) is 1. The van der Waals surface area contributed by atoms with Gasteiger partial charge in [-0.05, 0) is 43.4 Å². The van der Waals surface area contributed by atoms with E-state index in [0.717, 1.165) is 18.7 Å². The van der Waals surface area contributed by atoms with E-state index in [4.69, 9.17) is 4.74 Å². The van der Waals surface area contributed by atoms with Gasteiger partial charge < -0.3 is 10.1 Å². The Bertz CT molecular complexity index is 373. The zero-order valence-electron chi connectivity index (χ0n) is 13.3. The molecule has 0 fully saturated rings. The molecule has 0 spiro atoms. The van der Waals surface area contributed by atoms with Crippen LogP contribution in [-0.4, -0.2) is 18.7 Å². The fourth-order valence-electron chi connectivity index (χ4n) is 1.73. The Morgan fingerprint density at radius 1 is 1.00 bits per heavy atom. The van der Waals surface area contributed by atoms with Gasteiger partial charge in [0.1, 0.15) is 12.4 Å². The van der Waals surface area contributed by atoms with E-state index in [1.165, 1.54) is 5.56 Å². The van der Waals surface area contributed by atoms with Gasteiger partial charge in [-0.25, -0.2) is 0 Å². The molecule has 2 nitrogen and oxygen atoms in total. The standard InChI is InChI=1S/C17H29NO/c1-7-17(5,6)18-12-13-19-15-10-8-14(9-11-15)16(2,3)4/h8-11,18H,7,12-13H2,1-6H3. The van der Waals surface area contributed by atoms with Crippen LogP contribution in [0.1, 0.15) is 53.5 Å². The highest BCUT2D eigenvalue weighted by Gasteiger charge is 2.14. The summed E-state index contributed by atoms with van der Waals surface area (Å²) in [6.45, 7) is 14.9. The van der Waals surface area contributed by atoms with E-state index in [1.807, 2.05) is 0 Å². The number of benzene rings is 1. The van der Waals surface area contributed by atoms with Crippen LogP contribution in [0.25, 0.3) is 0 Å². The first-order valence-electron chi connectivity index (χ1n) is 7.23. The van der Waals surface area contributed by atoms with Crippen molar-refractivity contribution < 1.29 is 4.74 Å². The Balaban J connectivity index is 2.39. The van der Waals surface area contributed by atoms with Gasteiger partial charge in [0.15, 0.2) is 0 Å². The molecule has 0 saturated carbocycles. The van der Waals surface area contributed by atoms with Gasteiger partial charge in [-0.15, -0.1) is 0 Å². The lowest BCUT2D eigenvalue weighted by molar-refractivity contribution is 0.281. The first-order chi connectivity index (χ1) is 8.74. The van der Waals surface area contributed by atoms with Crippen LogP contribution in [0.4, 0.5) is 0 Å². The summed E-state index contributed by atoms with van der Waals surface area (Å²) in [6, 6.07) is 8.43. The summed E-state index contributed by atoms with van der Waals surface area (Å²) in [5.74, 6) is 0.948. The van der Waals surface area contributed by atoms with Crippen LogP contribution >= 0.6 is 0 Å². The molecule has 0 aliphatic rings. The van der Waals surface area contributed by atoms with Crippen LogP contribution < -0.4 is 10.1 Å². The van der Waals surface area contributed by atoms with Gasteiger partial charge in [0.25, 0.3) is 0 Å². The van der Waals surface area contributed by atoms with Crippen molar-refractivity contribution in [3.8, 4) is 5.75 Å². The van der Waals surface area contributed by atoms with Gasteiger partial charge in [0.05, 0.1) is 0 Å². The highest BCUT2D eigenvalue weighted by Crippen LogP contribution is 2.24. The van der Waals surface area contributed by atoms with Gasteiger partial charge in [-0.2, -0.15) is 0 Å². The lowest BCUT2D eigenvalue weighted by atomic mass is 9.87. The molecule has 0 heterocycles. The Kier molecular flexibility index (Phi) is 5.42. The maximum absolute atomic E-state index is 5.75. The van der Waals surface area contributed by atoms with E-state index in [2.05, 4.69) is 71.1 Å². The minimum Gasteiger partial charge on any atom is -0.492 e. The second-order valence-corrected chi connectivity index (χ2v) is 6.79. The minimum atomic E-state index is 0.194. The highest BCUT2D eigenvalue weighted by molar-refractivity contribution is 5.31. The zero-order chi connectivity index (χ0) is 14.5. The predicted octanol–water partition coefficient (Wildman–Crippen LogP) is 4.14. The molecule has 19 heavy (non-hydrogen) atoms. The number of hydrogen-bond donors (Lipinski definition) is 1. The lowest BCUT2D eigenvalue weighted by Gasteiger charge is -2.24. The summed E-state index contributed by atoms with van der Waals surface area (Å²) in [4.78, 5) is 0. The van der Waals surface area contributed by atoms with Gasteiger partial charge >= 0.3 is 0 Å². The summed E-state index contributed by atoms with van der Waals surface area (Å²) in [5.41, 5.74) is 1.73. The van der Waals surface area contributed by atoms with Crippen LogP contribution in [0.2, 0.25) is 0 Å². The van der Waals surface area contributed by atoms with Gasteiger partial charge in [-0.1, -0.05) is 39.8 Å². The van der Waals surface area contributed by atoms with Crippen LogP contribution in [0.5, 0.6) is 5.75 Å². The Morgan fingerprint density at radius 3 is 2.05 bits per heavy atom. The van der Waals surface area contributed by atoms with Gasteiger partial charge in [-0.3, -0.25) is 0 Å². The molecular formula is C17H29NO. The van der Waals surface area contributed by atoms with E-state index in [-0.39, 0.29) is 11.0 Å². The fourth-order valence-corrected chi connectivity index (χ4v) is 1.73. The van der Waals surface area contributed by atoms with Crippen molar-refractivity contribution in [2.75, 3.05) is 13.2 Å². The second kappa shape index (κ2) is 6.42. The van der Waals surface area contributed by atoms with Gasteiger partial charge in [0, 0.05) is 12.1 Å². The molecule has 1 rings (SSSR count). The Morgan fingerprint density at radius 2 is 1.58 bits per heavy atom. The summed E-state index contributed by atoms with van der Waals surface area (Å²) < 4.78 is 5.75. The maximum atomic E-state index is 5.75. The van der Waals surface area contributed by atoms with Crippen molar-refractivity contribution in [3.63, 3.8) is 0 Å². The fraction of sp³-hybridized carbons (Fsp3) is 0.647. The molecule has 0 unspecified atom stereocenters. The third kappa shape index (κ3) is 5.65. The first-order valence-corrected chi connectivity index (χ1v) is 7.23. The predicted molar refractivity (Wildman–Crippen MR) is 83.0 cm³/mol. The first kappa shape index (κ1) is 16.0.